The summed E-state index contributed by atoms with van der Waals surface area (Å²) in [7, 11) is -1.60. The average Bonchev–Trinajstić information content (AvgIpc) is 2.38. The maximum Gasteiger partial charge on any atom is 0.214 e. The number of rotatable bonds is 6. The van der Waals surface area contributed by atoms with Crippen LogP contribution in [0.3, 0.4) is 0 Å². The smallest absolute Gasteiger partial charge is 0.214 e. The molecule has 1 fully saturated rings. The van der Waals surface area contributed by atoms with Crippen LogP contribution in [-0.4, -0.2) is 69.3 Å². The van der Waals surface area contributed by atoms with Gasteiger partial charge in [0.2, 0.25) is 10.0 Å². The summed E-state index contributed by atoms with van der Waals surface area (Å²) in [5.74, 6) is 0.134. The molecule has 0 bridgehead atoms. The predicted molar refractivity (Wildman–Crippen MR) is 68.5 cm³/mol. The van der Waals surface area contributed by atoms with E-state index in [0.717, 1.165) is 0 Å². The van der Waals surface area contributed by atoms with Gasteiger partial charge >= 0.3 is 0 Å². The molecule has 104 valence electrons. The Morgan fingerprint density at radius 2 is 1.94 bits per heavy atom. The molecule has 0 aromatic rings. The van der Waals surface area contributed by atoms with Gasteiger partial charge in [-0.3, -0.25) is 4.90 Å². The first-order chi connectivity index (χ1) is 8.51. The van der Waals surface area contributed by atoms with E-state index >= 15 is 0 Å². The van der Waals surface area contributed by atoms with Gasteiger partial charge in [-0.25, -0.2) is 8.42 Å². The topological polar surface area (TPSA) is 73.6 Å². The third-order valence-electron chi connectivity index (χ3n) is 3.15. The molecule has 0 aromatic heterocycles. The van der Waals surface area contributed by atoms with E-state index in [4.69, 9.17) is 10.00 Å². The monoisotopic (exact) mass is 275 g/mol. The minimum Gasteiger partial charge on any atom is -0.385 e. The number of nitriles is 1. The Balaban J connectivity index is 2.44. The second kappa shape index (κ2) is 7.04. The van der Waals surface area contributed by atoms with Gasteiger partial charge in [-0.1, -0.05) is 0 Å². The molecule has 0 N–H and O–H groups in total. The maximum absolute atomic E-state index is 12.0. The van der Waals surface area contributed by atoms with Crippen LogP contribution in [0, 0.1) is 11.3 Å². The Bertz CT molecular complexity index is 383. The Morgan fingerprint density at radius 3 is 2.44 bits per heavy atom. The number of methoxy groups -OCH3 is 1. The molecule has 1 unspecified atom stereocenters. The van der Waals surface area contributed by atoms with Crippen molar-refractivity contribution in [1.82, 2.24) is 9.21 Å². The number of hydrogen-bond acceptors (Lipinski definition) is 5. The van der Waals surface area contributed by atoms with Crippen LogP contribution in [0.2, 0.25) is 0 Å². The van der Waals surface area contributed by atoms with E-state index < -0.39 is 10.0 Å². The van der Waals surface area contributed by atoms with E-state index in [1.165, 1.54) is 4.31 Å². The third-order valence-corrected chi connectivity index (χ3v) is 5.11. The van der Waals surface area contributed by atoms with Gasteiger partial charge in [0.1, 0.15) is 0 Å². The quantitative estimate of drug-likeness (QED) is 0.632. The van der Waals surface area contributed by atoms with Gasteiger partial charge in [0, 0.05) is 39.9 Å². The molecular weight excluding hydrogens is 254 g/mol. The van der Waals surface area contributed by atoms with Crippen molar-refractivity contribution < 1.29 is 13.2 Å². The van der Waals surface area contributed by atoms with Gasteiger partial charge in [-0.15, -0.1) is 0 Å². The first-order valence-corrected chi connectivity index (χ1v) is 7.72. The van der Waals surface area contributed by atoms with Crippen LogP contribution in [-0.2, 0) is 14.8 Å². The Labute approximate surface area is 109 Å². The van der Waals surface area contributed by atoms with Crippen molar-refractivity contribution in [3.63, 3.8) is 0 Å². The Kier molecular flexibility index (Phi) is 6.02. The van der Waals surface area contributed by atoms with Crippen molar-refractivity contribution in [1.29, 1.82) is 5.26 Å². The summed E-state index contributed by atoms with van der Waals surface area (Å²) >= 11 is 0. The lowest BCUT2D eigenvalue weighted by Gasteiger charge is -2.35. The summed E-state index contributed by atoms with van der Waals surface area (Å²) in [5.41, 5.74) is 0. The minimum absolute atomic E-state index is 0.134. The standard InChI is InChI=1S/C11H21N3O3S/c1-11(10-12)13-4-6-14(7-5-13)18(15,16)9-3-8-17-2/h11H,3-9H2,1-2H3. The number of hydrogen-bond donors (Lipinski definition) is 0. The molecule has 0 aromatic carbocycles. The van der Waals surface area contributed by atoms with Crippen molar-refractivity contribution in [3.05, 3.63) is 0 Å². The first-order valence-electron chi connectivity index (χ1n) is 6.11. The van der Waals surface area contributed by atoms with Crippen LogP contribution in [0.15, 0.2) is 0 Å². The molecule has 0 aliphatic carbocycles. The highest BCUT2D eigenvalue weighted by Crippen LogP contribution is 2.11. The molecule has 1 rings (SSSR count). The van der Waals surface area contributed by atoms with E-state index in [0.29, 0.717) is 39.2 Å². The zero-order valence-corrected chi connectivity index (χ0v) is 11.8. The van der Waals surface area contributed by atoms with Gasteiger partial charge in [-0.05, 0) is 13.3 Å². The summed E-state index contributed by atoms with van der Waals surface area (Å²) in [5, 5.41) is 8.82. The number of ether oxygens (including phenoxy) is 1. The number of piperazine rings is 1. The Morgan fingerprint density at radius 1 is 1.33 bits per heavy atom. The van der Waals surface area contributed by atoms with Crippen molar-refractivity contribution in [2.45, 2.75) is 19.4 Å². The highest BCUT2D eigenvalue weighted by molar-refractivity contribution is 7.89. The van der Waals surface area contributed by atoms with Gasteiger partial charge in [0.25, 0.3) is 0 Å². The molecule has 1 atom stereocenters. The SMILES string of the molecule is COCCCS(=O)(=O)N1CCN(C(C)C#N)CC1. The van der Waals surface area contributed by atoms with Crippen molar-refractivity contribution in [2.75, 3.05) is 45.6 Å². The van der Waals surface area contributed by atoms with Crippen LogP contribution in [0.25, 0.3) is 0 Å². The van der Waals surface area contributed by atoms with Crippen LogP contribution in [0.5, 0.6) is 0 Å². The van der Waals surface area contributed by atoms with Crippen molar-refractivity contribution >= 4 is 10.0 Å². The molecular formula is C11H21N3O3S. The van der Waals surface area contributed by atoms with Gasteiger partial charge < -0.3 is 4.74 Å². The van der Waals surface area contributed by atoms with Gasteiger partial charge in [-0.2, -0.15) is 9.57 Å². The predicted octanol–water partition coefficient (Wildman–Crippen LogP) is -0.118. The van der Waals surface area contributed by atoms with Crippen molar-refractivity contribution in [3.8, 4) is 6.07 Å². The van der Waals surface area contributed by atoms with Crippen LogP contribution in [0.4, 0.5) is 0 Å². The Hall–Kier alpha value is -0.680. The lowest BCUT2D eigenvalue weighted by atomic mass is 10.2. The molecule has 1 heterocycles. The maximum atomic E-state index is 12.0. The molecule has 1 aliphatic rings. The summed E-state index contributed by atoms with van der Waals surface area (Å²) in [4.78, 5) is 2.00. The minimum atomic E-state index is -3.17. The molecule has 1 aliphatic heterocycles. The average molecular weight is 275 g/mol. The molecule has 0 saturated carbocycles. The summed E-state index contributed by atoms with van der Waals surface area (Å²) in [6, 6.07) is 2.02. The fourth-order valence-electron chi connectivity index (χ4n) is 1.97. The zero-order chi connectivity index (χ0) is 13.6. The molecule has 0 amide bonds. The van der Waals surface area contributed by atoms with Crippen LogP contribution < -0.4 is 0 Å². The summed E-state index contributed by atoms with van der Waals surface area (Å²) < 4.78 is 30.4. The van der Waals surface area contributed by atoms with Crippen LogP contribution >= 0.6 is 0 Å². The second-order valence-corrected chi connectivity index (χ2v) is 6.49. The number of sulfonamides is 1. The lowest BCUT2D eigenvalue weighted by Crippen LogP contribution is -2.51. The highest BCUT2D eigenvalue weighted by Gasteiger charge is 2.28. The molecule has 18 heavy (non-hydrogen) atoms. The normalized spacial score (nSPS) is 20.5. The second-order valence-electron chi connectivity index (χ2n) is 4.40. The molecule has 1 saturated heterocycles. The fraction of sp³-hybridized carbons (Fsp3) is 0.909. The fourth-order valence-corrected chi connectivity index (χ4v) is 3.43. The molecule has 0 radical (unpaired) electrons. The first kappa shape index (κ1) is 15.4. The van der Waals surface area contributed by atoms with Gasteiger partial charge in [0.05, 0.1) is 17.9 Å². The van der Waals surface area contributed by atoms with E-state index in [2.05, 4.69) is 6.07 Å². The van der Waals surface area contributed by atoms with E-state index in [9.17, 15) is 8.42 Å². The molecule has 6 nitrogen and oxygen atoms in total. The summed E-state index contributed by atoms with van der Waals surface area (Å²) in [6.07, 6.45) is 0.521. The molecule has 7 heteroatoms. The van der Waals surface area contributed by atoms with E-state index in [1.807, 2.05) is 11.8 Å². The zero-order valence-electron chi connectivity index (χ0n) is 11.0. The van der Waals surface area contributed by atoms with Crippen LogP contribution in [0.1, 0.15) is 13.3 Å². The van der Waals surface area contributed by atoms with E-state index in [1.54, 1.807) is 7.11 Å². The number of nitrogens with zero attached hydrogens (tertiary/aromatic N) is 3. The molecule has 0 spiro atoms. The summed E-state index contributed by atoms with van der Waals surface area (Å²) in [6.45, 7) is 4.49. The highest BCUT2D eigenvalue weighted by atomic mass is 32.2. The van der Waals surface area contributed by atoms with Crippen molar-refractivity contribution in [2.24, 2.45) is 0 Å². The van der Waals surface area contributed by atoms with E-state index in [-0.39, 0.29) is 11.8 Å². The third kappa shape index (κ3) is 4.21. The van der Waals surface area contributed by atoms with Gasteiger partial charge in [0.15, 0.2) is 0 Å². The lowest BCUT2D eigenvalue weighted by molar-refractivity contribution is 0.168. The largest absolute Gasteiger partial charge is 0.385 e.